The van der Waals surface area contributed by atoms with E-state index in [1.165, 1.54) is 21.6 Å². The fourth-order valence-electron chi connectivity index (χ4n) is 2.98. The third kappa shape index (κ3) is 2.67. The number of hydrogen-bond acceptors (Lipinski definition) is 4. The first-order chi connectivity index (χ1) is 11.7. The lowest BCUT2D eigenvalue weighted by molar-refractivity contribution is 0.103. The van der Waals surface area contributed by atoms with Crippen LogP contribution in [-0.2, 0) is 12.8 Å². The molecule has 2 heterocycles. The molecule has 0 bridgehead atoms. The molecule has 24 heavy (non-hydrogen) atoms. The molecule has 0 fully saturated rings. The number of amides is 1. The lowest BCUT2D eigenvalue weighted by Gasteiger charge is -2.16. The van der Waals surface area contributed by atoms with E-state index in [0.29, 0.717) is 0 Å². The number of pyridine rings is 1. The normalized spacial score (nSPS) is 12.2. The van der Waals surface area contributed by atoms with E-state index in [1.54, 1.807) is 43.0 Å². The number of hydrogen-bond donors (Lipinski definition) is 1. The molecule has 0 unspecified atom stereocenters. The Morgan fingerprint density at radius 1 is 1.12 bits per heavy atom. The number of carbonyl (C=O) groups is 1. The van der Waals surface area contributed by atoms with Crippen molar-refractivity contribution in [2.75, 3.05) is 12.4 Å². The summed E-state index contributed by atoms with van der Waals surface area (Å²) in [6.07, 6.45) is 5.26. The number of aryl methyl sites for hydroxylation is 2. The minimum Gasteiger partial charge on any atom is -0.497 e. The molecule has 4 rings (SSSR count). The Balaban J connectivity index is 1.65. The number of methoxy groups -OCH3 is 1. The molecule has 1 aliphatic carbocycles. The second kappa shape index (κ2) is 6.09. The van der Waals surface area contributed by atoms with E-state index in [0.717, 1.165) is 29.2 Å². The van der Waals surface area contributed by atoms with Crippen molar-refractivity contribution in [2.45, 2.75) is 12.8 Å². The number of fused-ring (bicyclic) bond motifs is 3. The second-order valence-corrected chi connectivity index (χ2v) is 6.73. The quantitative estimate of drug-likeness (QED) is 0.781. The molecule has 120 valence electrons. The molecule has 3 aromatic rings. The van der Waals surface area contributed by atoms with Crippen LogP contribution in [0.25, 0.3) is 10.4 Å². The number of nitrogens with one attached hydrogen (secondary N) is 1. The Hall–Kier alpha value is -2.66. The highest BCUT2D eigenvalue weighted by Gasteiger charge is 2.22. The Labute approximate surface area is 144 Å². The van der Waals surface area contributed by atoms with E-state index in [-0.39, 0.29) is 5.91 Å². The van der Waals surface area contributed by atoms with Gasteiger partial charge in [-0.3, -0.25) is 9.78 Å². The summed E-state index contributed by atoms with van der Waals surface area (Å²) in [5, 5.41) is 2.92. The van der Waals surface area contributed by atoms with Gasteiger partial charge in [0.2, 0.25) is 0 Å². The average Bonchev–Trinajstić information content (AvgIpc) is 3.07. The SMILES string of the molecule is COc1ccc2c(c1)CCc1cc(C(=O)Nc3ccncc3)sc1-2. The van der Waals surface area contributed by atoms with Crippen molar-refractivity contribution >= 4 is 22.9 Å². The third-order valence-corrected chi connectivity index (χ3v) is 5.40. The Morgan fingerprint density at radius 2 is 1.92 bits per heavy atom. The summed E-state index contributed by atoms with van der Waals surface area (Å²) in [4.78, 5) is 18.4. The molecule has 0 radical (unpaired) electrons. The molecule has 2 aromatic heterocycles. The molecule has 5 heteroatoms. The Morgan fingerprint density at radius 3 is 2.71 bits per heavy atom. The van der Waals surface area contributed by atoms with Gasteiger partial charge in [0.05, 0.1) is 12.0 Å². The second-order valence-electron chi connectivity index (χ2n) is 5.68. The first-order valence-electron chi connectivity index (χ1n) is 7.76. The minimum absolute atomic E-state index is 0.0735. The van der Waals surface area contributed by atoms with Crippen molar-refractivity contribution in [2.24, 2.45) is 0 Å². The molecule has 1 aromatic carbocycles. The van der Waals surface area contributed by atoms with E-state index >= 15 is 0 Å². The first kappa shape index (κ1) is 14.9. The standard InChI is InChI=1S/C19H16N2O2S/c1-23-15-4-5-16-12(10-15)2-3-13-11-17(24-18(13)16)19(22)21-14-6-8-20-9-7-14/h4-11H,2-3H2,1H3,(H,20,21,22). The largest absolute Gasteiger partial charge is 0.497 e. The lowest BCUT2D eigenvalue weighted by atomic mass is 9.91. The lowest BCUT2D eigenvalue weighted by Crippen LogP contribution is -2.09. The van der Waals surface area contributed by atoms with Crippen LogP contribution in [0.2, 0.25) is 0 Å². The van der Waals surface area contributed by atoms with Crippen molar-refractivity contribution in [1.29, 1.82) is 0 Å². The van der Waals surface area contributed by atoms with Crippen LogP contribution in [-0.4, -0.2) is 18.0 Å². The Kier molecular flexibility index (Phi) is 3.78. The maximum Gasteiger partial charge on any atom is 0.265 e. The minimum atomic E-state index is -0.0735. The molecule has 0 saturated carbocycles. The van der Waals surface area contributed by atoms with E-state index in [1.807, 2.05) is 12.1 Å². The number of rotatable bonds is 3. The fraction of sp³-hybridized carbons (Fsp3) is 0.158. The summed E-state index contributed by atoms with van der Waals surface area (Å²) in [7, 11) is 1.68. The molecule has 0 saturated heterocycles. The number of carbonyl (C=O) groups excluding carboxylic acids is 1. The zero-order chi connectivity index (χ0) is 16.5. The highest BCUT2D eigenvalue weighted by atomic mass is 32.1. The van der Waals surface area contributed by atoms with Crippen LogP contribution < -0.4 is 10.1 Å². The zero-order valence-electron chi connectivity index (χ0n) is 13.2. The summed E-state index contributed by atoms with van der Waals surface area (Å²) in [5.74, 6) is 0.806. The molecule has 4 nitrogen and oxygen atoms in total. The monoisotopic (exact) mass is 336 g/mol. The summed E-state index contributed by atoms with van der Waals surface area (Å²) in [6, 6.07) is 11.7. The van der Waals surface area contributed by atoms with Gasteiger partial charge in [-0.05, 0) is 65.9 Å². The fourth-order valence-corrected chi connectivity index (χ4v) is 4.14. The molecule has 1 aliphatic rings. The van der Waals surface area contributed by atoms with Crippen LogP contribution in [0.15, 0.2) is 48.8 Å². The number of anilines is 1. The van der Waals surface area contributed by atoms with Gasteiger partial charge in [-0.15, -0.1) is 11.3 Å². The van der Waals surface area contributed by atoms with Gasteiger partial charge in [0.1, 0.15) is 5.75 Å². The predicted octanol–water partition coefficient (Wildman–Crippen LogP) is 4.17. The van der Waals surface area contributed by atoms with E-state index in [2.05, 4.69) is 22.4 Å². The van der Waals surface area contributed by atoms with E-state index < -0.39 is 0 Å². The van der Waals surface area contributed by atoms with Crippen molar-refractivity contribution in [3.05, 3.63) is 64.8 Å². The van der Waals surface area contributed by atoms with Crippen molar-refractivity contribution < 1.29 is 9.53 Å². The first-order valence-corrected chi connectivity index (χ1v) is 8.57. The van der Waals surface area contributed by atoms with Crippen molar-refractivity contribution in [1.82, 2.24) is 4.98 Å². The predicted molar refractivity (Wildman–Crippen MR) is 95.9 cm³/mol. The molecule has 1 N–H and O–H groups in total. The van der Waals surface area contributed by atoms with Gasteiger partial charge in [-0.25, -0.2) is 0 Å². The van der Waals surface area contributed by atoms with E-state index in [4.69, 9.17) is 4.74 Å². The highest BCUT2D eigenvalue weighted by Crippen LogP contribution is 2.40. The van der Waals surface area contributed by atoms with Gasteiger partial charge in [-0.2, -0.15) is 0 Å². The van der Waals surface area contributed by atoms with Gasteiger partial charge < -0.3 is 10.1 Å². The summed E-state index contributed by atoms with van der Waals surface area (Å²) < 4.78 is 5.31. The number of benzene rings is 1. The molecule has 0 atom stereocenters. The molecular weight excluding hydrogens is 320 g/mol. The molecule has 0 spiro atoms. The smallest absolute Gasteiger partial charge is 0.265 e. The van der Waals surface area contributed by atoms with Crippen LogP contribution in [0.5, 0.6) is 5.75 Å². The zero-order valence-corrected chi connectivity index (χ0v) is 14.0. The van der Waals surface area contributed by atoms with Crippen LogP contribution in [0.4, 0.5) is 5.69 Å². The Bertz CT molecular complexity index is 903. The topological polar surface area (TPSA) is 51.2 Å². The van der Waals surface area contributed by atoms with E-state index in [9.17, 15) is 4.79 Å². The van der Waals surface area contributed by atoms with Crippen molar-refractivity contribution in [3.8, 4) is 16.2 Å². The molecule has 0 aliphatic heterocycles. The number of aromatic nitrogens is 1. The molecule has 1 amide bonds. The summed E-state index contributed by atoms with van der Waals surface area (Å²) >= 11 is 1.55. The van der Waals surface area contributed by atoms with Crippen LogP contribution >= 0.6 is 11.3 Å². The van der Waals surface area contributed by atoms with Crippen molar-refractivity contribution in [3.63, 3.8) is 0 Å². The van der Waals surface area contributed by atoms with Gasteiger partial charge >= 0.3 is 0 Å². The summed E-state index contributed by atoms with van der Waals surface area (Å²) in [5.41, 5.74) is 4.50. The van der Waals surface area contributed by atoms with Gasteiger partial charge in [-0.1, -0.05) is 0 Å². The number of nitrogens with zero attached hydrogens (tertiary/aromatic N) is 1. The highest BCUT2D eigenvalue weighted by molar-refractivity contribution is 7.17. The number of ether oxygens (including phenoxy) is 1. The van der Waals surface area contributed by atoms with Crippen LogP contribution in [0.3, 0.4) is 0 Å². The maximum atomic E-state index is 12.5. The van der Waals surface area contributed by atoms with Crippen LogP contribution in [0.1, 0.15) is 20.8 Å². The van der Waals surface area contributed by atoms with Gasteiger partial charge in [0.15, 0.2) is 0 Å². The average molecular weight is 336 g/mol. The molecular formula is C19H16N2O2S. The number of thiophene rings is 1. The van der Waals surface area contributed by atoms with Gasteiger partial charge in [0.25, 0.3) is 5.91 Å². The maximum absolute atomic E-state index is 12.5. The summed E-state index contributed by atoms with van der Waals surface area (Å²) in [6.45, 7) is 0. The van der Waals surface area contributed by atoms with Gasteiger partial charge in [0, 0.05) is 23.0 Å². The third-order valence-electron chi connectivity index (χ3n) is 4.19. The van der Waals surface area contributed by atoms with Crippen LogP contribution in [0, 0.1) is 0 Å².